The van der Waals surface area contributed by atoms with Crippen LogP contribution in [0.15, 0.2) is 49.2 Å². The highest BCUT2D eigenvalue weighted by Gasteiger charge is 2.54. The molecule has 2 aliphatic rings. The normalized spacial score (nSPS) is 21.8. The maximum atomic E-state index is 13.1. The first kappa shape index (κ1) is 19.4. The minimum Gasteiger partial charge on any atom is -0.391 e. The van der Waals surface area contributed by atoms with Gasteiger partial charge in [0.2, 0.25) is 0 Å². The highest BCUT2D eigenvalue weighted by Crippen LogP contribution is 2.51. The zero-order valence-electron chi connectivity index (χ0n) is 15.8. The smallest absolute Gasteiger partial charge is 0.391 e. The Kier molecular flexibility index (Phi) is 4.36. The number of hydrogen-bond acceptors (Lipinski definition) is 6. The summed E-state index contributed by atoms with van der Waals surface area (Å²) >= 11 is 0. The van der Waals surface area contributed by atoms with Crippen molar-refractivity contribution in [1.29, 1.82) is 0 Å². The molecule has 1 aliphatic heterocycles. The van der Waals surface area contributed by atoms with Gasteiger partial charge >= 0.3 is 12.2 Å². The first-order valence-corrected chi connectivity index (χ1v) is 9.41. The van der Waals surface area contributed by atoms with Crippen molar-refractivity contribution >= 4 is 17.7 Å². The van der Waals surface area contributed by atoms with Crippen molar-refractivity contribution in [2.75, 3.05) is 10.2 Å². The summed E-state index contributed by atoms with van der Waals surface area (Å²) in [6.45, 7) is 0. The molecular formula is C20H15F3N6O2. The Morgan fingerprint density at radius 3 is 2.74 bits per heavy atom. The van der Waals surface area contributed by atoms with Crippen LogP contribution in [0.25, 0.3) is 11.3 Å². The minimum absolute atomic E-state index is 0.0951. The first-order chi connectivity index (χ1) is 14.8. The maximum absolute atomic E-state index is 13.1. The topological polar surface area (TPSA) is 104 Å². The van der Waals surface area contributed by atoms with Crippen molar-refractivity contribution < 1.29 is 23.1 Å². The third-order valence-corrected chi connectivity index (χ3v) is 5.53. The van der Waals surface area contributed by atoms with E-state index in [1.165, 1.54) is 29.7 Å². The van der Waals surface area contributed by atoms with Crippen LogP contribution in [0.1, 0.15) is 23.5 Å². The van der Waals surface area contributed by atoms with Gasteiger partial charge in [0.1, 0.15) is 18.0 Å². The number of aliphatic hydroxyl groups excluding tert-OH is 1. The first-order valence-electron chi connectivity index (χ1n) is 9.41. The van der Waals surface area contributed by atoms with E-state index in [1.807, 2.05) is 0 Å². The van der Waals surface area contributed by atoms with Crippen molar-refractivity contribution in [3.8, 4) is 11.3 Å². The molecule has 8 nitrogen and oxygen atoms in total. The lowest BCUT2D eigenvalue weighted by atomic mass is 9.75. The molecule has 3 aromatic rings. The van der Waals surface area contributed by atoms with E-state index in [4.69, 9.17) is 0 Å². The van der Waals surface area contributed by atoms with Gasteiger partial charge in [-0.15, -0.1) is 0 Å². The number of rotatable bonds is 2. The van der Waals surface area contributed by atoms with Crippen LogP contribution in [0.3, 0.4) is 0 Å². The maximum Gasteiger partial charge on any atom is 0.417 e. The number of pyridine rings is 2. The molecule has 0 saturated heterocycles. The number of halogens is 3. The van der Waals surface area contributed by atoms with Crippen LogP contribution < -0.4 is 10.2 Å². The van der Waals surface area contributed by atoms with Gasteiger partial charge in [0.25, 0.3) is 0 Å². The van der Waals surface area contributed by atoms with E-state index < -0.39 is 29.9 Å². The molecule has 0 spiro atoms. The van der Waals surface area contributed by atoms with Crippen molar-refractivity contribution in [2.24, 2.45) is 0 Å². The summed E-state index contributed by atoms with van der Waals surface area (Å²) in [6.07, 6.45) is -0.00537. The van der Waals surface area contributed by atoms with Crippen molar-refractivity contribution in [1.82, 2.24) is 19.9 Å². The summed E-state index contributed by atoms with van der Waals surface area (Å²) in [6, 6.07) is 4.77. The van der Waals surface area contributed by atoms with Crippen molar-refractivity contribution in [3.05, 3.63) is 60.3 Å². The zero-order valence-corrected chi connectivity index (χ0v) is 15.8. The number of hydrogen-bond donors (Lipinski definition) is 2. The fourth-order valence-electron chi connectivity index (χ4n) is 4.02. The molecule has 31 heavy (non-hydrogen) atoms. The van der Waals surface area contributed by atoms with Gasteiger partial charge in [-0.2, -0.15) is 13.2 Å². The molecule has 11 heteroatoms. The van der Waals surface area contributed by atoms with Gasteiger partial charge in [-0.3, -0.25) is 15.2 Å². The molecule has 2 amide bonds. The van der Waals surface area contributed by atoms with Crippen molar-refractivity contribution in [3.63, 3.8) is 0 Å². The summed E-state index contributed by atoms with van der Waals surface area (Å²) in [7, 11) is 0. The van der Waals surface area contributed by atoms with Gasteiger partial charge in [0.05, 0.1) is 23.4 Å². The Morgan fingerprint density at radius 1 is 1.19 bits per heavy atom. The van der Waals surface area contributed by atoms with Crippen LogP contribution in [0, 0.1) is 0 Å². The molecule has 1 aliphatic carbocycles. The van der Waals surface area contributed by atoms with E-state index in [-0.39, 0.29) is 23.0 Å². The molecule has 2 N–H and O–H groups in total. The van der Waals surface area contributed by atoms with Gasteiger partial charge in [0, 0.05) is 35.6 Å². The van der Waals surface area contributed by atoms with Gasteiger partial charge in [-0.1, -0.05) is 6.07 Å². The summed E-state index contributed by atoms with van der Waals surface area (Å²) < 4.78 is 39.2. The summed E-state index contributed by atoms with van der Waals surface area (Å²) in [4.78, 5) is 30.2. The molecule has 1 saturated carbocycles. The highest BCUT2D eigenvalue weighted by atomic mass is 19.4. The van der Waals surface area contributed by atoms with Gasteiger partial charge < -0.3 is 5.11 Å². The Morgan fingerprint density at radius 2 is 2.03 bits per heavy atom. The molecular weight excluding hydrogens is 413 g/mol. The summed E-state index contributed by atoms with van der Waals surface area (Å²) in [5.74, 6) is 0.479. The van der Waals surface area contributed by atoms with Crippen molar-refractivity contribution in [2.45, 2.75) is 30.7 Å². The van der Waals surface area contributed by atoms with Crippen LogP contribution in [0.5, 0.6) is 0 Å². The number of alkyl halides is 3. The lowest BCUT2D eigenvalue weighted by Crippen LogP contribution is -2.55. The molecule has 1 fully saturated rings. The predicted molar refractivity (Wildman–Crippen MR) is 103 cm³/mol. The number of aliphatic hydroxyl groups is 1. The number of aromatic nitrogens is 4. The van der Waals surface area contributed by atoms with Crippen LogP contribution >= 0.6 is 0 Å². The Labute approximate surface area is 173 Å². The second-order valence-corrected chi connectivity index (χ2v) is 7.36. The van der Waals surface area contributed by atoms with E-state index in [2.05, 4.69) is 25.3 Å². The van der Waals surface area contributed by atoms with Gasteiger partial charge in [-0.25, -0.2) is 19.7 Å². The second-order valence-electron chi connectivity index (χ2n) is 7.36. The fraction of sp³-hybridized carbons (Fsp3) is 0.250. The lowest BCUT2D eigenvalue weighted by molar-refractivity contribution is -0.137. The monoisotopic (exact) mass is 428 g/mol. The average molecular weight is 428 g/mol. The van der Waals surface area contributed by atoms with E-state index in [9.17, 15) is 23.1 Å². The molecule has 5 rings (SSSR count). The average Bonchev–Trinajstić information content (AvgIpc) is 3.02. The largest absolute Gasteiger partial charge is 0.417 e. The zero-order chi connectivity index (χ0) is 21.8. The fourth-order valence-corrected chi connectivity index (χ4v) is 4.02. The highest BCUT2D eigenvalue weighted by molar-refractivity contribution is 6.03. The SMILES string of the molecule is O=C(Nc1ccncn1)N1c2nc(-c3cncc(C(F)(F)F)c3)ccc2C2C[C@@H](O)C21. The molecule has 3 aromatic heterocycles. The van der Waals surface area contributed by atoms with Gasteiger partial charge in [0.15, 0.2) is 0 Å². The van der Waals surface area contributed by atoms with Crippen LogP contribution in [0.2, 0.25) is 0 Å². The number of nitrogens with zero attached hydrogens (tertiary/aromatic N) is 5. The molecule has 0 radical (unpaired) electrons. The number of anilines is 2. The summed E-state index contributed by atoms with van der Waals surface area (Å²) in [5.41, 5.74) is 0.291. The Hall–Kier alpha value is -3.60. The minimum atomic E-state index is -4.54. The summed E-state index contributed by atoms with van der Waals surface area (Å²) in [5, 5.41) is 12.9. The second kappa shape index (κ2) is 6.98. The van der Waals surface area contributed by atoms with E-state index in [1.54, 1.807) is 12.1 Å². The predicted octanol–water partition coefficient (Wildman–Crippen LogP) is 3.22. The van der Waals surface area contributed by atoms with E-state index in [0.717, 1.165) is 17.8 Å². The number of amides is 2. The third-order valence-electron chi connectivity index (χ3n) is 5.53. The molecule has 2 unspecified atom stereocenters. The number of carbonyl (C=O) groups is 1. The Bertz CT molecular complexity index is 1160. The molecule has 3 atom stereocenters. The quantitative estimate of drug-likeness (QED) is 0.650. The van der Waals surface area contributed by atoms with Gasteiger partial charge in [-0.05, 0) is 24.6 Å². The Balaban J connectivity index is 1.52. The van der Waals surface area contributed by atoms with Crippen LogP contribution in [-0.4, -0.2) is 43.2 Å². The molecule has 0 bridgehead atoms. The third kappa shape index (κ3) is 3.26. The number of nitrogens with one attached hydrogen (secondary N) is 1. The van der Waals surface area contributed by atoms with Crippen LogP contribution in [-0.2, 0) is 6.18 Å². The molecule has 0 aromatic carbocycles. The lowest BCUT2D eigenvalue weighted by Gasteiger charge is -2.40. The standard InChI is InChI=1S/C20H15F3N6O2/c21-20(22,23)11-5-10(7-25-8-11)14-2-1-12-13-6-15(30)17(13)29(18(12)27-14)19(31)28-16-3-4-24-9-26-16/h1-5,7-9,13,15,17,30H,6H2,(H,24,26,28,31)/t13?,15-,17?/m1/s1. The number of fused-ring (bicyclic) bond motifs is 3. The molecule has 4 heterocycles. The molecule has 158 valence electrons. The van der Waals surface area contributed by atoms with E-state index in [0.29, 0.717) is 12.2 Å². The van der Waals surface area contributed by atoms with Crippen LogP contribution in [0.4, 0.5) is 29.6 Å². The number of carbonyl (C=O) groups excluding carboxylic acids is 1. The van der Waals surface area contributed by atoms with E-state index >= 15 is 0 Å². The number of urea groups is 1.